The molecule has 0 saturated carbocycles. The number of rotatable bonds is 2. The summed E-state index contributed by atoms with van der Waals surface area (Å²) >= 11 is 0. The lowest BCUT2D eigenvalue weighted by atomic mass is 9.84. The predicted octanol–water partition coefficient (Wildman–Crippen LogP) is 8.94. The Morgan fingerprint density at radius 3 is 2.14 bits per heavy atom. The molecule has 1 unspecified atom stereocenters. The Balaban J connectivity index is 1.14. The third kappa shape index (κ3) is 2.91. The molecule has 4 aromatic heterocycles. The molecule has 1 atom stereocenters. The van der Waals surface area contributed by atoms with Gasteiger partial charge in [-0.15, -0.1) is 4.68 Å². The molecule has 0 radical (unpaired) electrons. The second-order valence-corrected chi connectivity index (χ2v) is 13.9. The third-order valence-electron chi connectivity index (χ3n) is 11.5. The number of hydrogen-bond acceptors (Lipinski definition) is 1. The number of benzene rings is 6. The molecule has 6 nitrogen and oxygen atoms in total. The third-order valence-corrected chi connectivity index (χ3v) is 11.5. The summed E-state index contributed by atoms with van der Waals surface area (Å²) in [7, 11) is 0. The minimum absolute atomic E-state index is 0.707. The predicted molar refractivity (Wildman–Crippen MR) is 198 cm³/mol. The van der Waals surface area contributed by atoms with Gasteiger partial charge in [-0.1, -0.05) is 77.5 Å². The Bertz CT molecular complexity index is 3180. The molecule has 0 N–H and O–H groups in total. The van der Waals surface area contributed by atoms with E-state index < -0.39 is 5.66 Å². The van der Waals surface area contributed by atoms with Crippen LogP contribution in [0.25, 0.3) is 71.9 Å². The second-order valence-electron chi connectivity index (χ2n) is 13.9. The SMILES string of the molecule is c1ccc(-n2c3ccccc3c3ccc(-c4cn5[n+](c4)C46c7c(cccc7-5)Oc5ccc7c8ccccc8n(c7c54)-c4cccc[n+]46)cc32)cc1. The van der Waals surface area contributed by atoms with Crippen molar-refractivity contribution in [3.05, 3.63) is 175 Å². The van der Waals surface area contributed by atoms with Crippen LogP contribution in [0.3, 0.4) is 0 Å². The summed E-state index contributed by atoms with van der Waals surface area (Å²) in [5.41, 5.74) is 11.0. The lowest BCUT2D eigenvalue weighted by Gasteiger charge is -2.32. The van der Waals surface area contributed by atoms with Crippen molar-refractivity contribution in [3.63, 3.8) is 0 Å². The number of hydrogen-bond donors (Lipinski definition) is 0. The lowest BCUT2D eigenvalue weighted by molar-refractivity contribution is -0.993. The molecule has 1 spiro atoms. The molecule has 236 valence electrons. The highest BCUT2D eigenvalue weighted by Crippen LogP contribution is 2.55. The fourth-order valence-corrected chi connectivity index (χ4v) is 9.57. The Morgan fingerprint density at radius 1 is 0.529 bits per heavy atom. The number of para-hydroxylation sites is 3. The molecular weight excluding hydrogens is 627 g/mol. The molecule has 3 aliphatic rings. The number of pyridine rings is 1. The van der Waals surface area contributed by atoms with Crippen LogP contribution in [-0.2, 0) is 5.66 Å². The van der Waals surface area contributed by atoms with Crippen LogP contribution in [0.2, 0.25) is 0 Å². The van der Waals surface area contributed by atoms with Crippen LogP contribution in [-0.4, -0.2) is 13.8 Å². The van der Waals surface area contributed by atoms with Gasteiger partial charge in [-0.05, 0) is 72.3 Å². The van der Waals surface area contributed by atoms with Gasteiger partial charge in [0.2, 0.25) is 6.20 Å². The largest absolute Gasteiger partial charge is 0.456 e. The van der Waals surface area contributed by atoms with Gasteiger partial charge >= 0.3 is 5.66 Å². The summed E-state index contributed by atoms with van der Waals surface area (Å²) in [5.74, 6) is 2.89. The molecule has 6 aromatic carbocycles. The minimum atomic E-state index is -0.707. The average Bonchev–Trinajstić information content (AvgIpc) is 3.93. The van der Waals surface area contributed by atoms with E-state index in [1.165, 1.54) is 49.2 Å². The van der Waals surface area contributed by atoms with E-state index in [1.54, 1.807) is 0 Å². The van der Waals surface area contributed by atoms with Crippen molar-refractivity contribution in [1.82, 2.24) is 13.8 Å². The fourth-order valence-electron chi connectivity index (χ4n) is 9.57. The molecule has 0 bridgehead atoms. The van der Waals surface area contributed by atoms with E-state index in [2.05, 4.69) is 187 Å². The molecule has 0 aliphatic carbocycles. The highest BCUT2D eigenvalue weighted by atomic mass is 16.5. The van der Waals surface area contributed by atoms with Gasteiger partial charge in [-0.3, -0.25) is 0 Å². The second kappa shape index (κ2) is 8.80. The van der Waals surface area contributed by atoms with E-state index in [4.69, 9.17) is 4.74 Å². The Hall–Kier alpha value is -6.92. The summed E-state index contributed by atoms with van der Waals surface area (Å²) in [4.78, 5) is 0. The number of ether oxygens (including phenoxy) is 1. The van der Waals surface area contributed by atoms with Crippen LogP contribution in [0.15, 0.2) is 164 Å². The number of aromatic nitrogens is 5. The molecule has 0 fully saturated rings. The fraction of sp³-hybridized carbons (Fsp3) is 0.0222. The zero-order valence-electron chi connectivity index (χ0n) is 27.2. The molecule has 6 heteroatoms. The summed E-state index contributed by atoms with van der Waals surface area (Å²) in [6.45, 7) is 0. The molecule has 13 rings (SSSR count). The van der Waals surface area contributed by atoms with Gasteiger partial charge in [0, 0.05) is 33.3 Å². The Labute approximate surface area is 291 Å². The van der Waals surface area contributed by atoms with Crippen molar-refractivity contribution in [2.75, 3.05) is 0 Å². The van der Waals surface area contributed by atoms with Crippen molar-refractivity contribution < 1.29 is 14.0 Å². The minimum Gasteiger partial charge on any atom is -0.456 e. The maximum Gasteiger partial charge on any atom is 0.397 e. The van der Waals surface area contributed by atoms with Crippen LogP contribution in [0, 0.1) is 0 Å². The molecule has 0 saturated heterocycles. The van der Waals surface area contributed by atoms with Crippen molar-refractivity contribution >= 4 is 43.6 Å². The van der Waals surface area contributed by atoms with Gasteiger partial charge in [-0.25, -0.2) is 0 Å². The van der Waals surface area contributed by atoms with E-state index in [0.29, 0.717) is 0 Å². The van der Waals surface area contributed by atoms with Crippen LogP contribution < -0.4 is 14.0 Å². The van der Waals surface area contributed by atoms with Crippen molar-refractivity contribution in [1.29, 1.82) is 0 Å². The number of fused-ring (bicyclic) bond motifs is 10. The highest BCUT2D eigenvalue weighted by molar-refractivity contribution is 6.12. The summed E-state index contributed by atoms with van der Waals surface area (Å²) in [6, 6.07) is 52.5. The maximum atomic E-state index is 6.83. The maximum absolute atomic E-state index is 6.83. The van der Waals surface area contributed by atoms with Gasteiger partial charge in [0.25, 0.3) is 5.82 Å². The molecule has 51 heavy (non-hydrogen) atoms. The van der Waals surface area contributed by atoms with Crippen LogP contribution in [0.4, 0.5) is 0 Å². The van der Waals surface area contributed by atoms with E-state index in [0.717, 1.165) is 45.4 Å². The van der Waals surface area contributed by atoms with Crippen molar-refractivity contribution in [2.24, 2.45) is 0 Å². The molecule has 3 aliphatic heterocycles. The monoisotopic (exact) mass is 653 g/mol. The molecule has 0 amide bonds. The highest BCUT2D eigenvalue weighted by Gasteiger charge is 2.68. The first kappa shape index (κ1) is 26.0. The lowest BCUT2D eigenvalue weighted by Crippen LogP contribution is -2.76. The summed E-state index contributed by atoms with van der Waals surface area (Å²) in [6.07, 6.45) is 6.88. The summed E-state index contributed by atoms with van der Waals surface area (Å²) < 4.78 is 18.9. The molecule has 10 aromatic rings. The van der Waals surface area contributed by atoms with Gasteiger partial charge in [-0.2, -0.15) is 9.13 Å². The average molecular weight is 654 g/mol. The van der Waals surface area contributed by atoms with Gasteiger partial charge in [0.15, 0.2) is 11.1 Å². The van der Waals surface area contributed by atoms with E-state index in [9.17, 15) is 0 Å². The normalized spacial score (nSPS) is 16.1. The van der Waals surface area contributed by atoms with Gasteiger partial charge in [0.1, 0.15) is 28.3 Å². The first-order chi connectivity index (χ1) is 25.3. The van der Waals surface area contributed by atoms with Crippen molar-refractivity contribution in [2.45, 2.75) is 5.66 Å². The molecule has 7 heterocycles. The Kier molecular flexibility index (Phi) is 4.49. The van der Waals surface area contributed by atoms with Crippen LogP contribution in [0.5, 0.6) is 11.5 Å². The quantitative estimate of drug-likeness (QED) is 0.172. The first-order valence-electron chi connectivity index (χ1n) is 17.4. The molecular formula is C45H27N5O+2. The van der Waals surface area contributed by atoms with Crippen LogP contribution >= 0.6 is 0 Å². The van der Waals surface area contributed by atoms with E-state index >= 15 is 0 Å². The van der Waals surface area contributed by atoms with Gasteiger partial charge < -0.3 is 9.30 Å². The summed E-state index contributed by atoms with van der Waals surface area (Å²) in [5, 5.41) is 4.97. The zero-order chi connectivity index (χ0) is 33.0. The van der Waals surface area contributed by atoms with Crippen molar-refractivity contribution in [3.8, 4) is 39.8 Å². The topological polar surface area (TPSA) is 31.8 Å². The zero-order valence-corrected chi connectivity index (χ0v) is 27.2. The Morgan fingerprint density at radius 2 is 1.25 bits per heavy atom. The smallest absolute Gasteiger partial charge is 0.397 e. The van der Waals surface area contributed by atoms with Gasteiger partial charge in [0.05, 0.1) is 29.0 Å². The van der Waals surface area contributed by atoms with E-state index in [1.807, 2.05) is 0 Å². The first-order valence-corrected chi connectivity index (χ1v) is 17.4. The standard InChI is InChI=1S/C45H27N5O/c1-2-11-30(12-3-1)49-35-15-6-4-13-31(35)33-21-20-28(25-38(33)49)29-26-47-37-17-10-18-39-42(37)45(48(47)27-29)43-40(51-39)23-22-34-32-14-5-7-16-36(32)50(44(34)43)41-19-8-9-24-46(41)45/h1-27H/q+2. The van der Waals surface area contributed by atoms with Crippen LogP contribution in [0.1, 0.15) is 11.1 Å². The van der Waals surface area contributed by atoms with E-state index in [-0.39, 0.29) is 0 Å². The number of nitrogens with zero attached hydrogens (tertiary/aromatic N) is 5.